The van der Waals surface area contributed by atoms with Gasteiger partial charge in [-0.15, -0.1) is 0 Å². The molecule has 0 bridgehead atoms. The Labute approximate surface area is 67.8 Å². The molecule has 0 aromatic rings. The lowest BCUT2D eigenvalue weighted by molar-refractivity contribution is 0.318. The monoisotopic (exact) mass is 159 g/mol. The molecule has 0 saturated heterocycles. The standard InChI is InChI=1S/C8H17NS/c1-3-10-8(7(2)9)5-4-6-8/h7H,3-6,9H2,1-2H3. The van der Waals surface area contributed by atoms with Gasteiger partial charge in [0.2, 0.25) is 0 Å². The molecular weight excluding hydrogens is 142 g/mol. The predicted octanol–water partition coefficient (Wildman–Crippen LogP) is 2.01. The summed E-state index contributed by atoms with van der Waals surface area (Å²) in [5.74, 6) is 1.21. The van der Waals surface area contributed by atoms with Crippen LogP contribution in [0, 0.1) is 0 Å². The number of nitrogens with two attached hydrogens (primary N) is 1. The minimum Gasteiger partial charge on any atom is -0.327 e. The minimum atomic E-state index is 0.381. The van der Waals surface area contributed by atoms with Crippen LogP contribution in [0.2, 0.25) is 0 Å². The molecule has 1 aliphatic rings. The normalized spacial score (nSPS) is 25.5. The quantitative estimate of drug-likeness (QED) is 0.681. The van der Waals surface area contributed by atoms with E-state index in [9.17, 15) is 0 Å². The molecule has 1 saturated carbocycles. The Balaban J connectivity index is 2.42. The zero-order valence-corrected chi connectivity index (χ0v) is 7.71. The predicted molar refractivity (Wildman–Crippen MR) is 48.4 cm³/mol. The molecule has 0 spiro atoms. The smallest absolute Gasteiger partial charge is 0.0308 e. The number of hydrogen-bond acceptors (Lipinski definition) is 2. The van der Waals surface area contributed by atoms with Gasteiger partial charge in [-0.05, 0) is 25.5 Å². The van der Waals surface area contributed by atoms with Crippen molar-refractivity contribution in [2.75, 3.05) is 5.75 Å². The highest BCUT2D eigenvalue weighted by Gasteiger charge is 2.39. The summed E-state index contributed by atoms with van der Waals surface area (Å²) < 4.78 is 0.467. The van der Waals surface area contributed by atoms with E-state index in [4.69, 9.17) is 5.73 Å². The molecule has 0 aliphatic heterocycles. The third kappa shape index (κ3) is 1.32. The molecule has 1 aliphatic carbocycles. The summed E-state index contributed by atoms with van der Waals surface area (Å²) in [5, 5.41) is 0. The molecule has 1 fully saturated rings. The summed E-state index contributed by atoms with van der Waals surface area (Å²) >= 11 is 2.05. The third-order valence-corrected chi connectivity index (χ3v) is 4.11. The molecule has 1 rings (SSSR count). The van der Waals surface area contributed by atoms with Crippen molar-refractivity contribution >= 4 is 11.8 Å². The van der Waals surface area contributed by atoms with Gasteiger partial charge < -0.3 is 5.73 Å². The number of hydrogen-bond donors (Lipinski definition) is 1. The summed E-state index contributed by atoms with van der Waals surface area (Å²) in [4.78, 5) is 0. The van der Waals surface area contributed by atoms with E-state index in [1.165, 1.54) is 25.0 Å². The van der Waals surface area contributed by atoms with Crippen LogP contribution >= 0.6 is 11.8 Å². The fourth-order valence-electron chi connectivity index (χ4n) is 1.54. The van der Waals surface area contributed by atoms with Crippen LogP contribution in [0.1, 0.15) is 33.1 Å². The Hall–Kier alpha value is 0.310. The van der Waals surface area contributed by atoms with Gasteiger partial charge in [-0.3, -0.25) is 0 Å². The lowest BCUT2D eigenvalue weighted by Gasteiger charge is -2.44. The topological polar surface area (TPSA) is 26.0 Å². The molecule has 2 heteroatoms. The molecule has 0 heterocycles. The summed E-state index contributed by atoms with van der Waals surface area (Å²) in [5.41, 5.74) is 5.90. The maximum Gasteiger partial charge on any atom is 0.0308 e. The average molecular weight is 159 g/mol. The Kier molecular flexibility index (Phi) is 2.64. The third-order valence-electron chi connectivity index (χ3n) is 2.46. The first-order valence-corrected chi connectivity index (χ1v) is 5.09. The van der Waals surface area contributed by atoms with Crippen molar-refractivity contribution in [3.63, 3.8) is 0 Å². The van der Waals surface area contributed by atoms with Crippen LogP contribution < -0.4 is 5.73 Å². The molecule has 10 heavy (non-hydrogen) atoms. The van der Waals surface area contributed by atoms with E-state index in [1.807, 2.05) is 11.8 Å². The van der Waals surface area contributed by atoms with E-state index in [-0.39, 0.29) is 0 Å². The number of thioether (sulfide) groups is 1. The SMILES string of the molecule is CCSC1(C(C)N)CCC1. The molecule has 2 N–H and O–H groups in total. The molecule has 0 amide bonds. The fourth-order valence-corrected chi connectivity index (χ4v) is 2.96. The van der Waals surface area contributed by atoms with Crippen molar-refractivity contribution in [2.24, 2.45) is 5.73 Å². The van der Waals surface area contributed by atoms with E-state index < -0.39 is 0 Å². The largest absolute Gasteiger partial charge is 0.327 e. The minimum absolute atomic E-state index is 0.381. The lowest BCUT2D eigenvalue weighted by atomic mass is 9.79. The van der Waals surface area contributed by atoms with Gasteiger partial charge in [-0.1, -0.05) is 13.3 Å². The van der Waals surface area contributed by atoms with Crippen LogP contribution in [0.3, 0.4) is 0 Å². The number of rotatable bonds is 3. The second kappa shape index (κ2) is 3.14. The summed E-state index contributed by atoms with van der Waals surface area (Å²) in [6.45, 7) is 4.36. The van der Waals surface area contributed by atoms with Crippen molar-refractivity contribution in [2.45, 2.75) is 43.9 Å². The highest BCUT2D eigenvalue weighted by atomic mass is 32.2. The van der Waals surface area contributed by atoms with Crippen LogP contribution in [-0.4, -0.2) is 16.5 Å². The Morgan fingerprint density at radius 3 is 2.30 bits per heavy atom. The van der Waals surface area contributed by atoms with Gasteiger partial charge in [-0.25, -0.2) is 0 Å². The molecule has 1 atom stereocenters. The Morgan fingerprint density at radius 1 is 1.60 bits per heavy atom. The second-order valence-electron chi connectivity index (χ2n) is 3.14. The van der Waals surface area contributed by atoms with Crippen LogP contribution in [0.5, 0.6) is 0 Å². The van der Waals surface area contributed by atoms with E-state index in [2.05, 4.69) is 13.8 Å². The van der Waals surface area contributed by atoms with Crippen LogP contribution in [0.25, 0.3) is 0 Å². The maximum atomic E-state index is 5.90. The first-order chi connectivity index (χ1) is 4.71. The van der Waals surface area contributed by atoms with Gasteiger partial charge >= 0.3 is 0 Å². The Morgan fingerprint density at radius 2 is 2.20 bits per heavy atom. The Bertz CT molecular complexity index is 108. The van der Waals surface area contributed by atoms with Crippen molar-refractivity contribution in [3.05, 3.63) is 0 Å². The summed E-state index contributed by atoms with van der Waals surface area (Å²) in [7, 11) is 0. The second-order valence-corrected chi connectivity index (χ2v) is 4.82. The molecule has 0 aromatic heterocycles. The molecule has 1 unspecified atom stereocenters. The molecule has 60 valence electrons. The van der Waals surface area contributed by atoms with Crippen molar-refractivity contribution in [1.29, 1.82) is 0 Å². The first kappa shape index (κ1) is 8.41. The van der Waals surface area contributed by atoms with Gasteiger partial charge in [0.25, 0.3) is 0 Å². The summed E-state index contributed by atoms with van der Waals surface area (Å²) in [6, 6.07) is 0.381. The van der Waals surface area contributed by atoms with Gasteiger partial charge in [0.15, 0.2) is 0 Å². The molecule has 0 radical (unpaired) electrons. The van der Waals surface area contributed by atoms with Gasteiger partial charge in [0.1, 0.15) is 0 Å². The zero-order chi connectivity index (χ0) is 7.61. The highest BCUT2D eigenvalue weighted by Crippen LogP contribution is 2.45. The maximum absolute atomic E-state index is 5.90. The molecular formula is C8H17NS. The van der Waals surface area contributed by atoms with Gasteiger partial charge in [0, 0.05) is 10.8 Å². The van der Waals surface area contributed by atoms with Crippen LogP contribution in [0.4, 0.5) is 0 Å². The van der Waals surface area contributed by atoms with Crippen molar-refractivity contribution in [1.82, 2.24) is 0 Å². The molecule has 1 nitrogen and oxygen atoms in total. The van der Waals surface area contributed by atoms with Crippen LogP contribution in [-0.2, 0) is 0 Å². The van der Waals surface area contributed by atoms with Gasteiger partial charge in [-0.2, -0.15) is 11.8 Å². The van der Waals surface area contributed by atoms with Crippen molar-refractivity contribution < 1.29 is 0 Å². The zero-order valence-electron chi connectivity index (χ0n) is 6.89. The van der Waals surface area contributed by atoms with E-state index in [1.54, 1.807) is 0 Å². The van der Waals surface area contributed by atoms with E-state index in [0.29, 0.717) is 10.8 Å². The fraction of sp³-hybridized carbons (Fsp3) is 1.00. The van der Waals surface area contributed by atoms with Gasteiger partial charge in [0.05, 0.1) is 0 Å². The van der Waals surface area contributed by atoms with E-state index >= 15 is 0 Å². The lowest BCUT2D eigenvalue weighted by Crippen LogP contribution is -2.48. The highest BCUT2D eigenvalue weighted by molar-refractivity contribution is 8.00. The van der Waals surface area contributed by atoms with Crippen LogP contribution in [0.15, 0.2) is 0 Å². The molecule has 0 aromatic carbocycles. The summed E-state index contributed by atoms with van der Waals surface area (Å²) in [6.07, 6.45) is 4.06. The first-order valence-electron chi connectivity index (χ1n) is 4.11. The van der Waals surface area contributed by atoms with E-state index in [0.717, 1.165) is 0 Å². The van der Waals surface area contributed by atoms with Crippen molar-refractivity contribution in [3.8, 4) is 0 Å². The average Bonchev–Trinajstić information content (AvgIpc) is 1.77.